The van der Waals surface area contributed by atoms with Gasteiger partial charge in [-0.1, -0.05) is 0 Å². The predicted molar refractivity (Wildman–Crippen MR) is 87.6 cm³/mol. The molecule has 0 atom stereocenters. The van der Waals surface area contributed by atoms with E-state index in [-0.39, 0.29) is 11.6 Å². The topological polar surface area (TPSA) is 73.8 Å². The van der Waals surface area contributed by atoms with Crippen molar-refractivity contribution in [1.82, 2.24) is 19.7 Å². The van der Waals surface area contributed by atoms with Crippen LogP contribution >= 0.6 is 11.8 Å². The van der Waals surface area contributed by atoms with E-state index in [1.54, 1.807) is 16.4 Å². The Labute approximate surface area is 137 Å². The lowest BCUT2D eigenvalue weighted by Crippen LogP contribution is -2.04. The summed E-state index contributed by atoms with van der Waals surface area (Å²) in [5.74, 6) is 1.36. The Morgan fingerprint density at radius 3 is 2.65 bits per heavy atom. The number of oxazole rings is 1. The van der Waals surface area contributed by atoms with Crippen LogP contribution in [-0.4, -0.2) is 31.8 Å². The molecule has 2 heterocycles. The summed E-state index contributed by atoms with van der Waals surface area (Å²) in [5, 5.41) is 4.12. The van der Waals surface area contributed by atoms with Gasteiger partial charge in [-0.25, -0.2) is 14.6 Å². The molecule has 0 amide bonds. The van der Waals surface area contributed by atoms with Gasteiger partial charge in [0, 0.05) is 17.4 Å². The van der Waals surface area contributed by atoms with E-state index in [4.69, 9.17) is 4.42 Å². The SMILES string of the molecule is CSc1ccc(-c2nc(Cn3cnc(C(C)=O)n3)c(C)o2)cc1. The lowest BCUT2D eigenvalue weighted by atomic mass is 10.2. The Morgan fingerprint density at radius 2 is 2.04 bits per heavy atom. The first-order valence-corrected chi connectivity index (χ1v) is 8.30. The molecule has 0 unspecified atom stereocenters. The molecule has 0 N–H and O–H groups in total. The molecule has 1 aromatic carbocycles. The lowest BCUT2D eigenvalue weighted by molar-refractivity contribution is 0.100. The van der Waals surface area contributed by atoms with E-state index < -0.39 is 0 Å². The highest BCUT2D eigenvalue weighted by Gasteiger charge is 2.13. The largest absolute Gasteiger partial charge is 0.441 e. The number of aromatic nitrogens is 4. The molecule has 118 valence electrons. The van der Waals surface area contributed by atoms with Gasteiger partial charge >= 0.3 is 0 Å². The number of carbonyl (C=O) groups is 1. The molecule has 0 fully saturated rings. The molecule has 0 aliphatic heterocycles. The average molecular weight is 328 g/mol. The summed E-state index contributed by atoms with van der Waals surface area (Å²) in [6.45, 7) is 3.72. The van der Waals surface area contributed by atoms with E-state index in [9.17, 15) is 4.79 Å². The number of benzene rings is 1. The first kappa shape index (κ1) is 15.5. The van der Waals surface area contributed by atoms with Crippen molar-refractivity contribution in [1.29, 1.82) is 0 Å². The van der Waals surface area contributed by atoms with Crippen LogP contribution in [0.3, 0.4) is 0 Å². The van der Waals surface area contributed by atoms with Crippen molar-refractivity contribution in [2.75, 3.05) is 6.26 Å². The zero-order chi connectivity index (χ0) is 16.4. The minimum absolute atomic E-state index is 0.157. The molecule has 3 aromatic rings. The van der Waals surface area contributed by atoms with Crippen molar-refractivity contribution in [3.63, 3.8) is 0 Å². The van der Waals surface area contributed by atoms with E-state index in [0.717, 1.165) is 17.0 Å². The smallest absolute Gasteiger partial charge is 0.226 e. The second kappa shape index (κ2) is 6.37. The number of ketones is 1. The highest BCUT2D eigenvalue weighted by Crippen LogP contribution is 2.24. The van der Waals surface area contributed by atoms with Gasteiger partial charge in [-0.05, 0) is 37.4 Å². The van der Waals surface area contributed by atoms with E-state index in [1.807, 2.05) is 37.4 Å². The Morgan fingerprint density at radius 1 is 1.30 bits per heavy atom. The first-order chi connectivity index (χ1) is 11.1. The van der Waals surface area contributed by atoms with E-state index in [1.165, 1.54) is 18.1 Å². The van der Waals surface area contributed by atoms with E-state index in [0.29, 0.717) is 12.4 Å². The van der Waals surface area contributed by atoms with Gasteiger partial charge in [0.05, 0.1) is 6.54 Å². The number of rotatable bonds is 5. The monoisotopic (exact) mass is 328 g/mol. The third kappa shape index (κ3) is 3.34. The Balaban J connectivity index is 1.83. The van der Waals surface area contributed by atoms with Crippen LogP contribution in [0, 0.1) is 6.92 Å². The molecular formula is C16H16N4O2S. The van der Waals surface area contributed by atoms with Gasteiger partial charge in [0.25, 0.3) is 0 Å². The summed E-state index contributed by atoms with van der Waals surface area (Å²) in [6.07, 6.45) is 3.56. The summed E-state index contributed by atoms with van der Waals surface area (Å²) in [4.78, 5) is 20.9. The highest BCUT2D eigenvalue weighted by molar-refractivity contribution is 7.98. The summed E-state index contributed by atoms with van der Waals surface area (Å²) in [6, 6.07) is 8.06. The summed E-state index contributed by atoms with van der Waals surface area (Å²) in [5.41, 5.74) is 1.70. The van der Waals surface area contributed by atoms with Crippen molar-refractivity contribution in [3.8, 4) is 11.5 Å². The molecule has 0 spiro atoms. The Hall–Kier alpha value is -2.41. The van der Waals surface area contributed by atoms with Crippen LogP contribution in [0.1, 0.15) is 29.0 Å². The second-order valence-electron chi connectivity index (χ2n) is 5.07. The number of nitrogens with zero attached hydrogens (tertiary/aromatic N) is 4. The molecule has 0 saturated heterocycles. The predicted octanol–water partition coefficient (Wildman–Crippen LogP) is 3.21. The average Bonchev–Trinajstić information content (AvgIpc) is 3.15. The van der Waals surface area contributed by atoms with Crippen LogP contribution < -0.4 is 0 Å². The van der Waals surface area contributed by atoms with Gasteiger partial charge in [0.15, 0.2) is 5.78 Å². The number of hydrogen-bond donors (Lipinski definition) is 0. The summed E-state index contributed by atoms with van der Waals surface area (Å²) in [7, 11) is 0. The molecule has 7 heteroatoms. The van der Waals surface area contributed by atoms with Crippen molar-refractivity contribution in [3.05, 3.63) is 47.9 Å². The third-order valence-corrected chi connectivity index (χ3v) is 4.14. The van der Waals surface area contributed by atoms with Gasteiger partial charge in [0.1, 0.15) is 17.8 Å². The maximum absolute atomic E-state index is 11.2. The zero-order valence-corrected chi connectivity index (χ0v) is 13.9. The molecule has 3 rings (SSSR count). The highest BCUT2D eigenvalue weighted by atomic mass is 32.2. The molecule has 23 heavy (non-hydrogen) atoms. The number of hydrogen-bond acceptors (Lipinski definition) is 6. The van der Waals surface area contributed by atoms with Gasteiger partial charge < -0.3 is 4.42 Å². The molecule has 0 aliphatic rings. The fourth-order valence-corrected chi connectivity index (χ4v) is 2.53. The van der Waals surface area contributed by atoms with Gasteiger partial charge in [-0.2, -0.15) is 0 Å². The van der Waals surface area contributed by atoms with Crippen molar-refractivity contribution < 1.29 is 9.21 Å². The number of aryl methyl sites for hydroxylation is 1. The maximum atomic E-state index is 11.2. The normalized spacial score (nSPS) is 10.9. The molecule has 0 bridgehead atoms. The Kier molecular flexibility index (Phi) is 4.29. The van der Waals surface area contributed by atoms with Gasteiger partial charge in [-0.15, -0.1) is 16.9 Å². The van der Waals surface area contributed by atoms with E-state index in [2.05, 4.69) is 15.1 Å². The lowest BCUT2D eigenvalue weighted by Gasteiger charge is -1.98. The molecule has 6 nitrogen and oxygen atoms in total. The Bertz CT molecular complexity index is 836. The molecule has 0 saturated carbocycles. The third-order valence-electron chi connectivity index (χ3n) is 3.39. The first-order valence-electron chi connectivity index (χ1n) is 7.08. The molecule has 0 radical (unpaired) electrons. The van der Waals surface area contributed by atoms with Crippen LogP contribution in [0.15, 0.2) is 39.9 Å². The molecular weight excluding hydrogens is 312 g/mol. The zero-order valence-electron chi connectivity index (χ0n) is 13.1. The van der Waals surface area contributed by atoms with Crippen LogP contribution in [0.25, 0.3) is 11.5 Å². The van der Waals surface area contributed by atoms with Crippen LogP contribution in [0.4, 0.5) is 0 Å². The van der Waals surface area contributed by atoms with Crippen LogP contribution in [0.5, 0.6) is 0 Å². The standard InChI is InChI=1S/C16H16N4O2S/c1-10(21)15-17-9-20(19-15)8-14-11(2)22-16(18-14)12-4-6-13(23-3)7-5-12/h4-7,9H,8H2,1-3H3. The quantitative estimate of drug-likeness (QED) is 0.529. The minimum Gasteiger partial charge on any atom is -0.441 e. The van der Waals surface area contributed by atoms with Crippen LogP contribution in [0.2, 0.25) is 0 Å². The van der Waals surface area contributed by atoms with Crippen LogP contribution in [-0.2, 0) is 6.54 Å². The fraction of sp³-hybridized carbons (Fsp3) is 0.250. The molecule has 2 aromatic heterocycles. The number of thioether (sulfide) groups is 1. The fourth-order valence-electron chi connectivity index (χ4n) is 2.12. The molecule has 0 aliphatic carbocycles. The van der Waals surface area contributed by atoms with Crippen molar-refractivity contribution in [2.45, 2.75) is 25.3 Å². The van der Waals surface area contributed by atoms with Crippen molar-refractivity contribution >= 4 is 17.5 Å². The number of Topliss-reactive ketones (excluding diaryl/α,β-unsaturated/α-hetero) is 1. The van der Waals surface area contributed by atoms with Crippen molar-refractivity contribution in [2.24, 2.45) is 0 Å². The van der Waals surface area contributed by atoms with Gasteiger partial charge in [0.2, 0.25) is 11.7 Å². The van der Waals surface area contributed by atoms with E-state index >= 15 is 0 Å². The second-order valence-corrected chi connectivity index (χ2v) is 5.95. The van der Waals surface area contributed by atoms with Gasteiger partial charge in [-0.3, -0.25) is 4.79 Å². The minimum atomic E-state index is -0.157. The summed E-state index contributed by atoms with van der Waals surface area (Å²) < 4.78 is 7.34. The summed E-state index contributed by atoms with van der Waals surface area (Å²) >= 11 is 1.69. The maximum Gasteiger partial charge on any atom is 0.226 e. The number of carbonyl (C=O) groups excluding carboxylic acids is 1.